The van der Waals surface area contributed by atoms with E-state index in [0.717, 1.165) is 5.82 Å². The van der Waals surface area contributed by atoms with E-state index < -0.39 is 0 Å². The maximum atomic E-state index is 5.92. The van der Waals surface area contributed by atoms with Gasteiger partial charge in [0.25, 0.3) is 0 Å². The van der Waals surface area contributed by atoms with E-state index in [4.69, 9.17) is 11.6 Å². The van der Waals surface area contributed by atoms with Gasteiger partial charge in [-0.3, -0.25) is 4.40 Å². The van der Waals surface area contributed by atoms with Gasteiger partial charge in [-0.1, -0.05) is 32.4 Å². The molecular formula is C10H13ClN4. The zero-order valence-corrected chi connectivity index (χ0v) is 9.73. The second-order valence-corrected chi connectivity index (χ2v) is 4.36. The van der Waals surface area contributed by atoms with Crippen LogP contribution in [0.5, 0.6) is 0 Å². The van der Waals surface area contributed by atoms with Crippen LogP contribution in [0.3, 0.4) is 0 Å². The van der Waals surface area contributed by atoms with Crippen LogP contribution in [0.1, 0.15) is 32.5 Å². The van der Waals surface area contributed by atoms with Gasteiger partial charge in [0.15, 0.2) is 10.8 Å². The predicted molar refractivity (Wildman–Crippen MR) is 59.0 cm³/mol. The molecular weight excluding hydrogens is 212 g/mol. The molecule has 2 aromatic rings. The summed E-state index contributed by atoms with van der Waals surface area (Å²) in [5.41, 5.74) is 0.627. The van der Waals surface area contributed by atoms with Gasteiger partial charge in [-0.25, -0.2) is 4.98 Å². The van der Waals surface area contributed by atoms with E-state index in [-0.39, 0.29) is 0 Å². The lowest BCUT2D eigenvalue weighted by molar-refractivity contribution is 0.506. The fourth-order valence-corrected chi connectivity index (χ4v) is 1.61. The zero-order chi connectivity index (χ0) is 11.0. The van der Waals surface area contributed by atoms with Gasteiger partial charge in [0.1, 0.15) is 5.82 Å². The van der Waals surface area contributed by atoms with E-state index in [1.807, 2.05) is 10.6 Å². The van der Waals surface area contributed by atoms with Gasteiger partial charge in [0.05, 0.1) is 0 Å². The Morgan fingerprint density at radius 2 is 2.00 bits per heavy atom. The Morgan fingerprint density at radius 3 is 2.67 bits per heavy atom. The maximum Gasteiger partial charge on any atom is 0.198 e. The van der Waals surface area contributed by atoms with Crippen molar-refractivity contribution >= 4 is 17.2 Å². The summed E-state index contributed by atoms with van der Waals surface area (Å²) < 4.78 is 1.90. The van der Waals surface area contributed by atoms with E-state index in [9.17, 15) is 0 Å². The van der Waals surface area contributed by atoms with Crippen LogP contribution in [0, 0.1) is 5.92 Å². The Morgan fingerprint density at radius 1 is 1.27 bits per heavy atom. The molecule has 0 N–H and O–H groups in total. The molecule has 2 aromatic heterocycles. The van der Waals surface area contributed by atoms with Gasteiger partial charge < -0.3 is 0 Å². The van der Waals surface area contributed by atoms with E-state index in [1.54, 1.807) is 6.20 Å². The highest BCUT2D eigenvalue weighted by Crippen LogP contribution is 2.23. The second kappa shape index (κ2) is 3.77. The minimum atomic E-state index is 0.346. The Hall–Kier alpha value is -1.16. The standard InChI is InChI=1S/C10H13ClN4/c1-6(2)7(3)9-13-14-10-8(11)12-4-5-15(9)10/h4-7H,1-3H3. The van der Waals surface area contributed by atoms with E-state index in [0.29, 0.717) is 22.6 Å². The Labute approximate surface area is 93.3 Å². The number of fused-ring (bicyclic) bond motifs is 1. The zero-order valence-electron chi connectivity index (χ0n) is 8.98. The van der Waals surface area contributed by atoms with E-state index >= 15 is 0 Å². The van der Waals surface area contributed by atoms with Crippen LogP contribution in [0.2, 0.25) is 5.15 Å². The van der Waals surface area contributed by atoms with Gasteiger partial charge in [-0.15, -0.1) is 10.2 Å². The SMILES string of the molecule is CC(C)C(C)c1nnc2c(Cl)nccn12. The molecule has 0 saturated heterocycles. The molecule has 80 valence electrons. The van der Waals surface area contributed by atoms with Gasteiger partial charge >= 0.3 is 0 Å². The summed E-state index contributed by atoms with van der Waals surface area (Å²) in [5, 5.41) is 8.60. The van der Waals surface area contributed by atoms with Gasteiger partial charge in [0, 0.05) is 18.3 Å². The highest BCUT2D eigenvalue weighted by molar-refractivity contribution is 6.32. The molecule has 0 bridgehead atoms. The van der Waals surface area contributed by atoms with Crippen molar-refractivity contribution in [1.82, 2.24) is 19.6 Å². The molecule has 0 amide bonds. The van der Waals surface area contributed by atoms with Crippen LogP contribution in [0.25, 0.3) is 5.65 Å². The largest absolute Gasteiger partial charge is 0.282 e. The third kappa shape index (κ3) is 1.69. The van der Waals surface area contributed by atoms with Crippen LogP contribution < -0.4 is 0 Å². The van der Waals surface area contributed by atoms with Crippen LogP contribution in [0.15, 0.2) is 12.4 Å². The van der Waals surface area contributed by atoms with E-state index in [1.165, 1.54) is 0 Å². The highest BCUT2D eigenvalue weighted by atomic mass is 35.5. The molecule has 0 aliphatic heterocycles. The molecule has 0 aliphatic carbocycles. The van der Waals surface area contributed by atoms with Gasteiger partial charge in [-0.05, 0) is 5.92 Å². The second-order valence-electron chi connectivity index (χ2n) is 4.00. The first-order valence-electron chi connectivity index (χ1n) is 4.96. The minimum absolute atomic E-state index is 0.346. The molecule has 1 unspecified atom stereocenters. The molecule has 5 heteroatoms. The average molecular weight is 225 g/mol. The topological polar surface area (TPSA) is 43.1 Å². The summed E-state index contributed by atoms with van der Waals surface area (Å²) in [4.78, 5) is 3.97. The van der Waals surface area contributed by atoms with Crippen molar-refractivity contribution in [1.29, 1.82) is 0 Å². The van der Waals surface area contributed by atoms with Crippen molar-refractivity contribution in [2.24, 2.45) is 5.92 Å². The maximum absolute atomic E-state index is 5.92. The van der Waals surface area contributed by atoms with Crippen molar-refractivity contribution in [2.75, 3.05) is 0 Å². The average Bonchev–Trinajstić information content (AvgIpc) is 2.61. The lowest BCUT2D eigenvalue weighted by Gasteiger charge is -2.12. The lowest BCUT2D eigenvalue weighted by atomic mass is 9.97. The first-order chi connectivity index (χ1) is 7.11. The molecule has 0 fully saturated rings. The third-order valence-electron chi connectivity index (χ3n) is 2.72. The molecule has 15 heavy (non-hydrogen) atoms. The smallest absolute Gasteiger partial charge is 0.198 e. The normalized spacial score (nSPS) is 13.7. The van der Waals surface area contributed by atoms with Crippen molar-refractivity contribution in [3.8, 4) is 0 Å². The number of halogens is 1. The summed E-state index contributed by atoms with van der Waals surface area (Å²) in [6.45, 7) is 6.46. The quantitative estimate of drug-likeness (QED) is 0.788. The predicted octanol–water partition coefficient (Wildman–Crippen LogP) is 2.54. The Kier molecular flexibility index (Phi) is 2.61. The Bertz CT molecular complexity index is 477. The molecule has 0 aliphatic rings. The van der Waals surface area contributed by atoms with Crippen LogP contribution in [0.4, 0.5) is 0 Å². The summed E-state index contributed by atoms with van der Waals surface area (Å²) in [5.74, 6) is 1.80. The van der Waals surface area contributed by atoms with Crippen LogP contribution in [-0.2, 0) is 0 Å². The summed E-state index contributed by atoms with van der Waals surface area (Å²) in [6, 6.07) is 0. The molecule has 1 atom stereocenters. The fraction of sp³-hybridized carbons (Fsp3) is 0.500. The third-order valence-corrected chi connectivity index (χ3v) is 2.98. The summed E-state index contributed by atoms with van der Waals surface area (Å²) in [6.07, 6.45) is 3.50. The molecule has 0 saturated carbocycles. The van der Waals surface area contributed by atoms with Crippen molar-refractivity contribution < 1.29 is 0 Å². The molecule has 0 spiro atoms. The molecule has 0 radical (unpaired) electrons. The van der Waals surface area contributed by atoms with Gasteiger partial charge in [-0.2, -0.15) is 0 Å². The number of aromatic nitrogens is 4. The number of nitrogens with zero attached hydrogens (tertiary/aromatic N) is 4. The molecule has 0 aromatic carbocycles. The van der Waals surface area contributed by atoms with Crippen molar-refractivity contribution in [2.45, 2.75) is 26.7 Å². The number of rotatable bonds is 2. The monoisotopic (exact) mass is 224 g/mol. The number of hydrogen-bond acceptors (Lipinski definition) is 3. The summed E-state index contributed by atoms with van der Waals surface area (Å²) >= 11 is 5.92. The van der Waals surface area contributed by atoms with Crippen LogP contribution >= 0.6 is 11.6 Å². The summed E-state index contributed by atoms with van der Waals surface area (Å²) in [7, 11) is 0. The lowest BCUT2D eigenvalue weighted by Crippen LogP contribution is -2.07. The van der Waals surface area contributed by atoms with E-state index in [2.05, 4.69) is 36.0 Å². The highest BCUT2D eigenvalue weighted by Gasteiger charge is 2.17. The first-order valence-corrected chi connectivity index (χ1v) is 5.34. The van der Waals surface area contributed by atoms with Crippen LogP contribution in [-0.4, -0.2) is 19.6 Å². The van der Waals surface area contributed by atoms with Gasteiger partial charge in [0.2, 0.25) is 0 Å². The first kappa shape index (κ1) is 10.4. The number of hydrogen-bond donors (Lipinski definition) is 0. The molecule has 2 rings (SSSR count). The Balaban J connectivity index is 2.59. The molecule has 2 heterocycles. The van der Waals surface area contributed by atoms with Crippen molar-refractivity contribution in [3.63, 3.8) is 0 Å². The van der Waals surface area contributed by atoms with Crippen molar-refractivity contribution in [3.05, 3.63) is 23.4 Å². The fourth-order valence-electron chi connectivity index (χ4n) is 1.42. The minimum Gasteiger partial charge on any atom is -0.282 e. The molecule has 4 nitrogen and oxygen atoms in total.